The summed E-state index contributed by atoms with van der Waals surface area (Å²) >= 11 is 0. The van der Waals surface area contributed by atoms with E-state index in [2.05, 4.69) is 16.7 Å². The van der Waals surface area contributed by atoms with Crippen molar-refractivity contribution in [3.63, 3.8) is 0 Å². The lowest BCUT2D eigenvalue weighted by Gasteiger charge is -2.32. The zero-order valence-corrected chi connectivity index (χ0v) is 16.7. The van der Waals surface area contributed by atoms with Crippen LogP contribution in [-0.4, -0.2) is 34.8 Å². The van der Waals surface area contributed by atoms with E-state index >= 15 is 0 Å². The van der Waals surface area contributed by atoms with Gasteiger partial charge in [0.2, 0.25) is 5.91 Å². The molecule has 0 aromatic heterocycles. The normalized spacial score (nSPS) is 25.3. The monoisotopic (exact) mass is 394 g/mol. The van der Waals surface area contributed by atoms with E-state index in [0.717, 1.165) is 49.0 Å². The number of nitrogens with one attached hydrogen (secondary N) is 2. The Morgan fingerprint density at radius 2 is 1.90 bits per heavy atom. The van der Waals surface area contributed by atoms with Gasteiger partial charge in [-0.15, -0.1) is 0 Å². The fourth-order valence-corrected chi connectivity index (χ4v) is 4.79. The number of carbonyl (C=O) groups excluding carboxylic acids is 3. The molecule has 2 fully saturated rings. The van der Waals surface area contributed by atoms with Crippen molar-refractivity contribution in [1.82, 2.24) is 15.5 Å². The molecule has 4 amide bonds. The van der Waals surface area contributed by atoms with Crippen molar-refractivity contribution in [1.29, 1.82) is 5.26 Å². The smallest absolute Gasteiger partial charge is 0.325 e. The molecule has 3 aliphatic rings. The van der Waals surface area contributed by atoms with Crippen LogP contribution in [0.25, 0.3) is 0 Å². The van der Waals surface area contributed by atoms with Crippen LogP contribution in [0.2, 0.25) is 0 Å². The van der Waals surface area contributed by atoms with Gasteiger partial charge in [0.15, 0.2) is 0 Å². The van der Waals surface area contributed by atoms with Gasteiger partial charge in [-0.1, -0.05) is 37.5 Å². The van der Waals surface area contributed by atoms with Gasteiger partial charge in [0.1, 0.15) is 17.6 Å². The van der Waals surface area contributed by atoms with E-state index in [1.165, 1.54) is 11.1 Å². The fraction of sp³-hybridized carbons (Fsp3) is 0.545. The van der Waals surface area contributed by atoms with Crippen LogP contribution in [0.4, 0.5) is 4.79 Å². The molecule has 2 aliphatic carbocycles. The molecule has 152 valence electrons. The molecule has 1 aromatic carbocycles. The standard InChI is InChI=1S/C22H26N4O3/c1-21(17-9-8-15-6-5-7-16(15)12-17)19(28)26(20(29)25-21)13-18(27)24-22(14-23)10-3-2-4-11-22/h8-9,12H,2-7,10-11,13H2,1H3,(H,24,27)(H,25,29)/t21-/m1/s1. The Hall–Kier alpha value is -2.88. The number of benzene rings is 1. The number of carbonyl (C=O) groups is 3. The molecule has 7 heteroatoms. The highest BCUT2D eigenvalue weighted by Crippen LogP contribution is 2.33. The topological polar surface area (TPSA) is 102 Å². The molecule has 2 N–H and O–H groups in total. The summed E-state index contributed by atoms with van der Waals surface area (Å²) in [6.07, 6.45) is 7.13. The van der Waals surface area contributed by atoms with Crippen LogP contribution in [0.1, 0.15) is 62.1 Å². The highest BCUT2D eigenvalue weighted by atomic mass is 16.2. The van der Waals surface area contributed by atoms with Crippen molar-refractivity contribution in [2.45, 2.75) is 69.4 Å². The molecule has 1 atom stereocenters. The molecule has 1 aliphatic heterocycles. The average Bonchev–Trinajstić information content (AvgIpc) is 3.27. The van der Waals surface area contributed by atoms with Crippen LogP contribution in [-0.2, 0) is 28.0 Å². The number of hydrogen-bond acceptors (Lipinski definition) is 4. The summed E-state index contributed by atoms with van der Waals surface area (Å²) in [6, 6.07) is 7.55. The predicted molar refractivity (Wildman–Crippen MR) is 106 cm³/mol. The molecular weight excluding hydrogens is 368 g/mol. The second-order valence-electron chi connectivity index (χ2n) is 8.59. The number of imide groups is 1. The van der Waals surface area contributed by atoms with Crippen molar-refractivity contribution in [2.24, 2.45) is 0 Å². The van der Waals surface area contributed by atoms with Crippen LogP contribution in [0, 0.1) is 11.3 Å². The first-order chi connectivity index (χ1) is 13.9. The molecule has 0 bridgehead atoms. The minimum atomic E-state index is -1.19. The maximum Gasteiger partial charge on any atom is 0.325 e. The van der Waals surface area contributed by atoms with E-state index in [9.17, 15) is 19.6 Å². The third kappa shape index (κ3) is 3.37. The molecule has 29 heavy (non-hydrogen) atoms. The summed E-state index contributed by atoms with van der Waals surface area (Å²) in [7, 11) is 0. The number of fused-ring (bicyclic) bond motifs is 1. The molecule has 1 saturated carbocycles. The van der Waals surface area contributed by atoms with Gasteiger partial charge in [-0.25, -0.2) is 4.79 Å². The summed E-state index contributed by atoms with van der Waals surface area (Å²) in [5, 5.41) is 15.1. The average molecular weight is 394 g/mol. The van der Waals surface area contributed by atoms with Crippen LogP contribution in [0.5, 0.6) is 0 Å². The van der Waals surface area contributed by atoms with Gasteiger partial charge in [-0.05, 0) is 55.7 Å². The van der Waals surface area contributed by atoms with Gasteiger partial charge in [-0.3, -0.25) is 14.5 Å². The first-order valence-corrected chi connectivity index (χ1v) is 10.4. The van der Waals surface area contributed by atoms with E-state index in [1.807, 2.05) is 18.2 Å². The third-order valence-corrected chi connectivity index (χ3v) is 6.55. The number of aryl methyl sites for hydroxylation is 2. The number of nitrogens with zero attached hydrogens (tertiary/aromatic N) is 2. The van der Waals surface area contributed by atoms with Gasteiger partial charge >= 0.3 is 6.03 Å². The minimum absolute atomic E-state index is 0.380. The van der Waals surface area contributed by atoms with Crippen LogP contribution < -0.4 is 10.6 Å². The molecular formula is C22H26N4O3. The van der Waals surface area contributed by atoms with Gasteiger partial charge in [0.25, 0.3) is 5.91 Å². The summed E-state index contributed by atoms with van der Waals surface area (Å²) in [4.78, 5) is 39.2. The van der Waals surface area contributed by atoms with Crippen molar-refractivity contribution in [3.8, 4) is 6.07 Å². The minimum Gasteiger partial charge on any atom is -0.336 e. The number of rotatable bonds is 4. The summed E-state index contributed by atoms with van der Waals surface area (Å²) in [5.41, 5.74) is 1.17. The SMILES string of the molecule is C[C@]1(c2ccc3c(c2)CCC3)NC(=O)N(CC(=O)NC2(C#N)CCCCC2)C1=O. The van der Waals surface area contributed by atoms with E-state index in [0.29, 0.717) is 12.8 Å². The highest BCUT2D eigenvalue weighted by molar-refractivity contribution is 6.09. The fourth-order valence-electron chi connectivity index (χ4n) is 4.79. The van der Waals surface area contributed by atoms with Crippen molar-refractivity contribution < 1.29 is 14.4 Å². The van der Waals surface area contributed by atoms with Gasteiger partial charge < -0.3 is 10.6 Å². The second kappa shape index (κ2) is 7.18. The van der Waals surface area contributed by atoms with E-state index < -0.39 is 28.9 Å². The lowest BCUT2D eigenvalue weighted by atomic mass is 9.83. The molecule has 1 aromatic rings. The van der Waals surface area contributed by atoms with Crippen molar-refractivity contribution in [3.05, 3.63) is 34.9 Å². The molecule has 0 radical (unpaired) electrons. The number of amides is 4. The highest BCUT2D eigenvalue weighted by Gasteiger charge is 2.50. The van der Waals surface area contributed by atoms with E-state index in [-0.39, 0.29) is 6.54 Å². The van der Waals surface area contributed by atoms with Crippen LogP contribution >= 0.6 is 0 Å². The number of nitriles is 1. The maximum absolute atomic E-state index is 13.1. The quantitative estimate of drug-likeness (QED) is 0.765. The Morgan fingerprint density at radius 1 is 1.17 bits per heavy atom. The summed E-state index contributed by atoms with van der Waals surface area (Å²) in [5.74, 6) is -0.916. The van der Waals surface area contributed by atoms with E-state index in [1.54, 1.807) is 6.92 Å². The first-order valence-electron chi connectivity index (χ1n) is 10.4. The Kier molecular flexibility index (Phi) is 4.81. The van der Waals surface area contributed by atoms with Gasteiger partial charge in [-0.2, -0.15) is 5.26 Å². The first kappa shape index (κ1) is 19.4. The molecule has 1 heterocycles. The molecule has 0 unspecified atom stereocenters. The molecule has 0 spiro atoms. The largest absolute Gasteiger partial charge is 0.336 e. The predicted octanol–water partition coefficient (Wildman–Crippen LogP) is 2.28. The van der Waals surface area contributed by atoms with Gasteiger partial charge in [0.05, 0.1) is 6.07 Å². The van der Waals surface area contributed by atoms with Crippen LogP contribution in [0.15, 0.2) is 18.2 Å². The molecule has 1 saturated heterocycles. The second-order valence-corrected chi connectivity index (χ2v) is 8.59. The van der Waals surface area contributed by atoms with Crippen molar-refractivity contribution >= 4 is 17.8 Å². The molecule has 4 rings (SSSR count). The van der Waals surface area contributed by atoms with Crippen LogP contribution in [0.3, 0.4) is 0 Å². The lowest BCUT2D eigenvalue weighted by molar-refractivity contribution is -0.135. The van der Waals surface area contributed by atoms with E-state index in [4.69, 9.17) is 0 Å². The third-order valence-electron chi connectivity index (χ3n) is 6.55. The Balaban J connectivity index is 1.49. The summed E-state index contributed by atoms with van der Waals surface area (Å²) in [6.45, 7) is 1.30. The summed E-state index contributed by atoms with van der Waals surface area (Å²) < 4.78 is 0. The number of urea groups is 1. The van der Waals surface area contributed by atoms with Crippen molar-refractivity contribution in [2.75, 3.05) is 6.54 Å². The lowest BCUT2D eigenvalue weighted by Crippen LogP contribution is -2.52. The number of hydrogen-bond donors (Lipinski definition) is 2. The zero-order valence-electron chi connectivity index (χ0n) is 16.7. The Morgan fingerprint density at radius 3 is 2.62 bits per heavy atom. The zero-order chi connectivity index (χ0) is 20.6. The van der Waals surface area contributed by atoms with Gasteiger partial charge in [0, 0.05) is 0 Å². The maximum atomic E-state index is 13.1. The Labute approximate surface area is 170 Å². The molecule has 7 nitrogen and oxygen atoms in total. The Bertz CT molecular complexity index is 913.